The van der Waals surface area contributed by atoms with Crippen LogP contribution in [0.5, 0.6) is 0 Å². The number of amides is 2. The number of urea groups is 1. The van der Waals surface area contributed by atoms with Crippen LogP contribution < -0.4 is 10.6 Å². The van der Waals surface area contributed by atoms with Gasteiger partial charge in [-0.25, -0.2) is 4.79 Å². The second-order valence-corrected chi connectivity index (χ2v) is 7.67. The van der Waals surface area contributed by atoms with Gasteiger partial charge in [0.2, 0.25) is 0 Å². The lowest BCUT2D eigenvalue weighted by atomic mass is 10.0. The van der Waals surface area contributed by atoms with E-state index in [1.165, 1.54) is 0 Å². The van der Waals surface area contributed by atoms with Gasteiger partial charge in [0.1, 0.15) is 0 Å². The van der Waals surface area contributed by atoms with Crippen molar-refractivity contribution < 1.29 is 9.53 Å². The fraction of sp³-hybridized carbons (Fsp3) is 0.524. The van der Waals surface area contributed by atoms with Crippen molar-refractivity contribution in [2.45, 2.75) is 32.9 Å². The van der Waals surface area contributed by atoms with Gasteiger partial charge in [0.25, 0.3) is 0 Å². The van der Waals surface area contributed by atoms with Crippen LogP contribution >= 0.6 is 0 Å². The molecule has 2 amide bonds. The average molecular weight is 386 g/mol. The fourth-order valence-electron chi connectivity index (χ4n) is 3.56. The lowest BCUT2D eigenvalue weighted by Crippen LogP contribution is -2.49. The molecule has 1 aromatic heterocycles. The smallest absolute Gasteiger partial charge is 0.319 e. The quantitative estimate of drug-likeness (QED) is 0.733. The predicted molar refractivity (Wildman–Crippen MR) is 110 cm³/mol. The van der Waals surface area contributed by atoms with Crippen LogP contribution in [0.4, 0.5) is 10.5 Å². The van der Waals surface area contributed by atoms with Gasteiger partial charge in [-0.05, 0) is 36.1 Å². The zero-order valence-corrected chi connectivity index (χ0v) is 16.8. The third kappa shape index (κ3) is 6.35. The molecule has 1 unspecified atom stereocenters. The molecule has 1 saturated heterocycles. The number of carbonyl (C=O) groups is 1. The molecule has 2 heterocycles. The molecule has 1 aliphatic heterocycles. The number of carbonyl (C=O) groups excluding carboxylic acids is 1. The Morgan fingerprint density at radius 1 is 1.25 bits per heavy atom. The van der Waals surface area contributed by atoms with E-state index < -0.39 is 0 Å². The molecule has 1 atom stereocenters. The van der Waals surface area contributed by atoms with Gasteiger partial charge in [-0.3, -0.25) is 9.58 Å². The first-order valence-electron chi connectivity index (χ1n) is 10.0. The number of nitrogens with one attached hydrogen (secondary N) is 2. The second kappa shape index (κ2) is 10.2. The van der Waals surface area contributed by atoms with Gasteiger partial charge in [0, 0.05) is 43.8 Å². The normalized spacial score (nSPS) is 16.1. The first-order valence-corrected chi connectivity index (χ1v) is 10.0. The van der Waals surface area contributed by atoms with Gasteiger partial charge in [-0.2, -0.15) is 5.10 Å². The van der Waals surface area contributed by atoms with E-state index in [4.69, 9.17) is 4.74 Å². The highest BCUT2D eigenvalue weighted by molar-refractivity contribution is 5.89. The second-order valence-electron chi connectivity index (χ2n) is 7.67. The van der Waals surface area contributed by atoms with Gasteiger partial charge < -0.3 is 15.4 Å². The van der Waals surface area contributed by atoms with Crippen molar-refractivity contribution in [3.63, 3.8) is 0 Å². The Hall–Kier alpha value is -2.38. The summed E-state index contributed by atoms with van der Waals surface area (Å²) in [5.41, 5.74) is 1.88. The van der Waals surface area contributed by atoms with Crippen LogP contribution in [0, 0.1) is 5.92 Å². The molecular formula is C21H31N5O2. The van der Waals surface area contributed by atoms with E-state index in [1.54, 1.807) is 6.20 Å². The van der Waals surface area contributed by atoms with Gasteiger partial charge in [0.05, 0.1) is 19.8 Å². The highest BCUT2D eigenvalue weighted by Crippen LogP contribution is 2.14. The van der Waals surface area contributed by atoms with Crippen molar-refractivity contribution in [2.75, 3.05) is 38.2 Å². The third-order valence-electron chi connectivity index (χ3n) is 4.89. The maximum Gasteiger partial charge on any atom is 0.319 e. The number of benzene rings is 1. The Bertz CT molecular complexity index is 726. The Labute approximate surface area is 167 Å². The van der Waals surface area contributed by atoms with Crippen LogP contribution in [0.25, 0.3) is 0 Å². The molecule has 0 bridgehead atoms. The molecule has 7 heteroatoms. The summed E-state index contributed by atoms with van der Waals surface area (Å²) in [5, 5.41) is 10.2. The van der Waals surface area contributed by atoms with E-state index in [0.29, 0.717) is 25.0 Å². The lowest BCUT2D eigenvalue weighted by Gasteiger charge is -2.35. The van der Waals surface area contributed by atoms with E-state index in [9.17, 15) is 4.79 Å². The monoisotopic (exact) mass is 385 g/mol. The molecule has 28 heavy (non-hydrogen) atoms. The summed E-state index contributed by atoms with van der Waals surface area (Å²) >= 11 is 0. The Kier molecular flexibility index (Phi) is 7.45. The highest BCUT2D eigenvalue weighted by atomic mass is 16.5. The summed E-state index contributed by atoms with van der Waals surface area (Å²) in [6, 6.07) is 9.93. The first kappa shape index (κ1) is 20.4. The minimum absolute atomic E-state index is 0.168. The Balaban J connectivity index is 1.52. The molecule has 1 aliphatic rings. The topological polar surface area (TPSA) is 71.4 Å². The molecule has 0 spiro atoms. The molecule has 7 nitrogen and oxygen atoms in total. The summed E-state index contributed by atoms with van der Waals surface area (Å²) in [6.45, 7) is 9.14. The van der Waals surface area contributed by atoms with E-state index in [2.05, 4.69) is 34.5 Å². The molecule has 2 N–H and O–H groups in total. The van der Waals surface area contributed by atoms with E-state index in [0.717, 1.165) is 44.0 Å². The summed E-state index contributed by atoms with van der Waals surface area (Å²) in [6.07, 6.45) is 4.74. The number of aromatic nitrogens is 2. The van der Waals surface area contributed by atoms with Crippen LogP contribution in [-0.2, 0) is 11.3 Å². The van der Waals surface area contributed by atoms with Crippen molar-refractivity contribution in [1.82, 2.24) is 20.0 Å². The SMILES string of the molecule is CC(C)CC(CNC(=O)Nc1cccc(Cn2cccn2)c1)N1CCOCC1. The van der Waals surface area contributed by atoms with E-state index in [1.807, 2.05) is 41.2 Å². The zero-order valence-electron chi connectivity index (χ0n) is 16.8. The van der Waals surface area contributed by atoms with Crippen molar-refractivity contribution >= 4 is 11.7 Å². The highest BCUT2D eigenvalue weighted by Gasteiger charge is 2.22. The largest absolute Gasteiger partial charge is 0.379 e. The number of morpholine rings is 1. The van der Waals surface area contributed by atoms with Crippen molar-refractivity contribution in [3.05, 3.63) is 48.3 Å². The number of nitrogens with zero attached hydrogens (tertiary/aromatic N) is 3. The number of hydrogen-bond acceptors (Lipinski definition) is 4. The minimum atomic E-state index is -0.168. The number of hydrogen-bond donors (Lipinski definition) is 2. The summed E-state index contributed by atoms with van der Waals surface area (Å²) in [4.78, 5) is 14.9. The van der Waals surface area contributed by atoms with Crippen molar-refractivity contribution in [3.8, 4) is 0 Å². The fourth-order valence-corrected chi connectivity index (χ4v) is 3.56. The van der Waals surface area contributed by atoms with Gasteiger partial charge >= 0.3 is 6.03 Å². The molecule has 2 aromatic rings. The van der Waals surface area contributed by atoms with E-state index in [-0.39, 0.29) is 6.03 Å². The third-order valence-corrected chi connectivity index (χ3v) is 4.89. The Morgan fingerprint density at radius 3 is 2.79 bits per heavy atom. The minimum Gasteiger partial charge on any atom is -0.379 e. The maximum atomic E-state index is 12.4. The van der Waals surface area contributed by atoms with E-state index >= 15 is 0 Å². The Morgan fingerprint density at radius 2 is 2.07 bits per heavy atom. The molecule has 0 radical (unpaired) electrons. The standard InChI is InChI=1S/C21H31N5O2/c1-17(2)13-20(25-9-11-28-12-10-25)15-22-21(27)24-19-6-3-5-18(14-19)16-26-8-4-7-23-26/h3-8,14,17,20H,9-13,15-16H2,1-2H3,(H2,22,24,27). The molecular weight excluding hydrogens is 354 g/mol. The van der Waals surface area contributed by atoms with Crippen LogP contribution in [0.1, 0.15) is 25.8 Å². The molecule has 1 aromatic carbocycles. The summed E-state index contributed by atoms with van der Waals surface area (Å²) in [7, 11) is 0. The zero-order chi connectivity index (χ0) is 19.8. The number of anilines is 1. The van der Waals surface area contributed by atoms with Crippen molar-refractivity contribution in [1.29, 1.82) is 0 Å². The lowest BCUT2D eigenvalue weighted by molar-refractivity contribution is 0.0130. The molecule has 0 aliphatic carbocycles. The van der Waals surface area contributed by atoms with Crippen LogP contribution in [0.15, 0.2) is 42.7 Å². The molecule has 0 saturated carbocycles. The van der Waals surface area contributed by atoms with Crippen LogP contribution in [0.2, 0.25) is 0 Å². The molecule has 152 valence electrons. The summed E-state index contributed by atoms with van der Waals surface area (Å²) in [5.74, 6) is 0.580. The maximum absolute atomic E-state index is 12.4. The average Bonchev–Trinajstić information content (AvgIpc) is 3.19. The summed E-state index contributed by atoms with van der Waals surface area (Å²) < 4.78 is 7.32. The van der Waals surface area contributed by atoms with Gasteiger partial charge in [-0.15, -0.1) is 0 Å². The first-order chi connectivity index (χ1) is 13.6. The van der Waals surface area contributed by atoms with Crippen molar-refractivity contribution in [2.24, 2.45) is 5.92 Å². The van der Waals surface area contributed by atoms with Crippen LogP contribution in [0.3, 0.4) is 0 Å². The predicted octanol–water partition coefficient (Wildman–Crippen LogP) is 2.80. The van der Waals surface area contributed by atoms with Crippen LogP contribution in [-0.4, -0.2) is 59.6 Å². The molecule has 3 rings (SSSR count). The number of rotatable bonds is 8. The number of ether oxygens (including phenoxy) is 1. The molecule has 1 fully saturated rings. The van der Waals surface area contributed by atoms with Gasteiger partial charge in [0.15, 0.2) is 0 Å². The van der Waals surface area contributed by atoms with Gasteiger partial charge in [-0.1, -0.05) is 26.0 Å².